The van der Waals surface area contributed by atoms with E-state index in [1.165, 1.54) is 0 Å². The first-order chi connectivity index (χ1) is 8.13. The topological polar surface area (TPSA) is 49.8 Å². The van der Waals surface area contributed by atoms with Crippen molar-refractivity contribution in [1.29, 1.82) is 0 Å². The lowest BCUT2D eigenvalue weighted by Crippen LogP contribution is -2.33. The van der Waals surface area contributed by atoms with Crippen molar-refractivity contribution in [3.05, 3.63) is 23.3 Å². The minimum absolute atomic E-state index is 0.0636. The molecule has 0 spiro atoms. The number of esters is 1. The third-order valence-corrected chi connectivity index (χ3v) is 3.56. The number of hydrogen-bond donors (Lipinski definition) is 1. The lowest BCUT2D eigenvalue weighted by atomic mass is 10.1. The molecule has 1 fully saturated rings. The third kappa shape index (κ3) is 2.42. The van der Waals surface area contributed by atoms with Crippen LogP contribution in [0.5, 0.6) is 0 Å². The van der Waals surface area contributed by atoms with E-state index in [0.717, 1.165) is 25.1 Å². The predicted molar refractivity (Wildman–Crippen MR) is 64.5 cm³/mol. The zero-order valence-corrected chi connectivity index (χ0v) is 10.3. The van der Waals surface area contributed by atoms with Gasteiger partial charge < -0.3 is 9.84 Å². The van der Waals surface area contributed by atoms with E-state index in [1.54, 1.807) is 13.0 Å². The second-order valence-corrected chi connectivity index (χ2v) is 4.62. The standard InChI is InChI=1S/C13H19NO3/c1-3-9(2)13(16)17-8-10-4-6-14-7-5-11(15)12(10)14/h3-4,11-12,15H,5-8H2,1-2H3/b9-3-. The van der Waals surface area contributed by atoms with E-state index in [9.17, 15) is 9.90 Å². The lowest BCUT2D eigenvalue weighted by molar-refractivity contribution is -0.138. The maximum absolute atomic E-state index is 11.5. The van der Waals surface area contributed by atoms with E-state index in [2.05, 4.69) is 11.0 Å². The van der Waals surface area contributed by atoms with Crippen LogP contribution in [0.1, 0.15) is 20.3 Å². The summed E-state index contributed by atoms with van der Waals surface area (Å²) in [6.07, 6.45) is 4.29. The molecule has 1 N–H and O–H groups in total. The number of aliphatic hydroxyl groups excluding tert-OH is 1. The number of aliphatic hydroxyl groups is 1. The van der Waals surface area contributed by atoms with Crippen LogP contribution in [-0.4, -0.2) is 47.8 Å². The molecule has 0 saturated carbocycles. The quantitative estimate of drug-likeness (QED) is 0.449. The fourth-order valence-electron chi connectivity index (χ4n) is 2.40. The Balaban J connectivity index is 1.90. The van der Waals surface area contributed by atoms with Gasteiger partial charge in [0.25, 0.3) is 0 Å². The molecule has 94 valence electrons. The van der Waals surface area contributed by atoms with E-state index in [4.69, 9.17) is 4.74 Å². The van der Waals surface area contributed by atoms with E-state index in [1.807, 2.05) is 6.92 Å². The Labute approximate surface area is 102 Å². The molecular weight excluding hydrogens is 218 g/mol. The van der Waals surface area contributed by atoms with Gasteiger partial charge in [-0.15, -0.1) is 0 Å². The average molecular weight is 237 g/mol. The van der Waals surface area contributed by atoms with Gasteiger partial charge in [0.1, 0.15) is 6.61 Å². The smallest absolute Gasteiger partial charge is 0.333 e. The molecule has 1 saturated heterocycles. The maximum Gasteiger partial charge on any atom is 0.333 e. The Hall–Kier alpha value is -1.13. The molecule has 0 aromatic rings. The second kappa shape index (κ2) is 5.02. The van der Waals surface area contributed by atoms with Gasteiger partial charge in [0.05, 0.1) is 12.1 Å². The number of hydrogen-bond acceptors (Lipinski definition) is 4. The van der Waals surface area contributed by atoms with E-state index < -0.39 is 0 Å². The Morgan fingerprint density at radius 2 is 2.47 bits per heavy atom. The van der Waals surface area contributed by atoms with Crippen LogP contribution in [-0.2, 0) is 9.53 Å². The highest BCUT2D eigenvalue weighted by molar-refractivity contribution is 5.87. The molecular formula is C13H19NO3. The van der Waals surface area contributed by atoms with Gasteiger partial charge in [0, 0.05) is 18.7 Å². The van der Waals surface area contributed by atoms with Crippen LogP contribution in [0, 0.1) is 0 Å². The Kier molecular flexibility index (Phi) is 3.64. The van der Waals surface area contributed by atoms with Crippen LogP contribution in [0.4, 0.5) is 0 Å². The first kappa shape index (κ1) is 12.3. The first-order valence-corrected chi connectivity index (χ1v) is 6.04. The van der Waals surface area contributed by atoms with Crippen LogP contribution >= 0.6 is 0 Å². The van der Waals surface area contributed by atoms with Crippen LogP contribution in [0.15, 0.2) is 23.3 Å². The summed E-state index contributed by atoms with van der Waals surface area (Å²) in [4.78, 5) is 13.7. The van der Waals surface area contributed by atoms with Gasteiger partial charge in [-0.05, 0) is 25.8 Å². The normalized spacial score (nSPS) is 29.1. The van der Waals surface area contributed by atoms with Gasteiger partial charge in [-0.2, -0.15) is 0 Å². The van der Waals surface area contributed by atoms with Gasteiger partial charge in [-0.1, -0.05) is 12.2 Å². The second-order valence-electron chi connectivity index (χ2n) is 4.62. The molecule has 0 bridgehead atoms. The Morgan fingerprint density at radius 1 is 1.71 bits per heavy atom. The summed E-state index contributed by atoms with van der Waals surface area (Å²) in [6, 6.07) is 0.0636. The van der Waals surface area contributed by atoms with E-state index >= 15 is 0 Å². The summed E-state index contributed by atoms with van der Waals surface area (Å²) in [7, 11) is 0. The van der Waals surface area contributed by atoms with Crippen LogP contribution in [0.25, 0.3) is 0 Å². The van der Waals surface area contributed by atoms with Crippen LogP contribution < -0.4 is 0 Å². The number of ether oxygens (including phenoxy) is 1. The molecule has 0 aromatic heterocycles. The zero-order valence-electron chi connectivity index (χ0n) is 10.3. The van der Waals surface area contributed by atoms with Crippen molar-refractivity contribution in [3.8, 4) is 0 Å². The third-order valence-electron chi connectivity index (χ3n) is 3.56. The highest BCUT2D eigenvalue weighted by atomic mass is 16.5. The molecule has 17 heavy (non-hydrogen) atoms. The molecule has 0 aromatic carbocycles. The number of rotatable bonds is 3. The highest BCUT2D eigenvalue weighted by Crippen LogP contribution is 2.29. The summed E-state index contributed by atoms with van der Waals surface area (Å²) >= 11 is 0. The Bertz CT molecular complexity index is 373. The van der Waals surface area contributed by atoms with Crippen molar-refractivity contribution in [2.24, 2.45) is 0 Å². The molecule has 0 amide bonds. The molecule has 4 heteroatoms. The summed E-state index contributed by atoms with van der Waals surface area (Å²) in [5, 5.41) is 9.86. The molecule has 2 heterocycles. The largest absolute Gasteiger partial charge is 0.458 e. The van der Waals surface area contributed by atoms with Gasteiger partial charge in [0.15, 0.2) is 0 Å². The number of carbonyl (C=O) groups is 1. The monoisotopic (exact) mass is 237 g/mol. The lowest BCUT2D eigenvalue weighted by Gasteiger charge is -2.20. The number of fused-ring (bicyclic) bond motifs is 1. The van der Waals surface area contributed by atoms with Crippen LogP contribution in [0.3, 0.4) is 0 Å². The molecule has 2 atom stereocenters. The minimum Gasteiger partial charge on any atom is -0.458 e. The van der Waals surface area contributed by atoms with Crippen molar-refractivity contribution in [2.75, 3.05) is 19.7 Å². The summed E-state index contributed by atoms with van der Waals surface area (Å²) in [6.45, 7) is 5.63. The highest BCUT2D eigenvalue weighted by Gasteiger charge is 2.38. The van der Waals surface area contributed by atoms with Crippen LogP contribution in [0.2, 0.25) is 0 Å². The SMILES string of the molecule is C/C=C(/C)C(=O)OCC1=CCN2CCC(O)C12. The van der Waals surface area contributed by atoms with E-state index in [-0.39, 0.29) is 18.1 Å². The van der Waals surface area contributed by atoms with Crippen molar-refractivity contribution in [1.82, 2.24) is 4.90 Å². The van der Waals surface area contributed by atoms with Gasteiger partial charge in [-0.3, -0.25) is 4.90 Å². The molecule has 2 aliphatic rings. The number of carbonyl (C=O) groups excluding carboxylic acids is 1. The average Bonchev–Trinajstić information content (AvgIpc) is 2.89. The molecule has 0 radical (unpaired) electrons. The fourth-order valence-corrected chi connectivity index (χ4v) is 2.40. The van der Waals surface area contributed by atoms with E-state index in [0.29, 0.717) is 12.2 Å². The summed E-state index contributed by atoms with van der Waals surface area (Å²) < 4.78 is 5.22. The summed E-state index contributed by atoms with van der Waals surface area (Å²) in [5.74, 6) is -0.278. The molecule has 4 nitrogen and oxygen atoms in total. The zero-order chi connectivity index (χ0) is 12.4. The molecule has 2 rings (SSSR count). The van der Waals surface area contributed by atoms with Crippen molar-refractivity contribution < 1.29 is 14.6 Å². The first-order valence-electron chi connectivity index (χ1n) is 6.04. The minimum atomic E-state index is -0.315. The van der Waals surface area contributed by atoms with Gasteiger partial charge in [0.2, 0.25) is 0 Å². The number of nitrogens with zero attached hydrogens (tertiary/aromatic N) is 1. The number of allylic oxidation sites excluding steroid dienone is 1. The predicted octanol–water partition coefficient (Wildman–Crippen LogP) is 0.871. The molecule has 2 unspecified atom stereocenters. The maximum atomic E-state index is 11.5. The Morgan fingerprint density at radius 3 is 3.18 bits per heavy atom. The summed E-state index contributed by atoms with van der Waals surface area (Å²) in [5.41, 5.74) is 1.65. The fraction of sp³-hybridized carbons (Fsp3) is 0.615. The van der Waals surface area contributed by atoms with Crippen molar-refractivity contribution >= 4 is 5.97 Å². The molecule has 0 aliphatic carbocycles. The van der Waals surface area contributed by atoms with Gasteiger partial charge in [-0.25, -0.2) is 4.79 Å². The van der Waals surface area contributed by atoms with Crippen molar-refractivity contribution in [3.63, 3.8) is 0 Å². The molecule has 2 aliphatic heterocycles. The van der Waals surface area contributed by atoms with Gasteiger partial charge >= 0.3 is 5.97 Å². The van der Waals surface area contributed by atoms with Crippen molar-refractivity contribution in [2.45, 2.75) is 32.4 Å².